The van der Waals surface area contributed by atoms with Crippen molar-refractivity contribution in [1.82, 2.24) is 30.0 Å². The lowest BCUT2D eigenvalue weighted by atomic mass is 10.0. The summed E-state index contributed by atoms with van der Waals surface area (Å²) < 4.78 is 1.61. The zero-order valence-corrected chi connectivity index (χ0v) is 18.2. The summed E-state index contributed by atoms with van der Waals surface area (Å²) in [5.74, 6) is -0.203. The van der Waals surface area contributed by atoms with Crippen molar-refractivity contribution in [2.45, 2.75) is 51.1 Å². The van der Waals surface area contributed by atoms with E-state index in [1.165, 1.54) is 6.20 Å². The van der Waals surface area contributed by atoms with E-state index in [9.17, 15) is 9.59 Å². The predicted molar refractivity (Wildman–Crippen MR) is 122 cm³/mol. The molecule has 0 bridgehead atoms. The van der Waals surface area contributed by atoms with Crippen molar-refractivity contribution in [3.8, 4) is 0 Å². The lowest BCUT2D eigenvalue weighted by molar-refractivity contribution is 0.0904. The molecule has 0 saturated carbocycles. The first kappa shape index (κ1) is 20.8. The van der Waals surface area contributed by atoms with Crippen LogP contribution in [0, 0.1) is 0 Å². The SMILES string of the molecule is O=C(NCC1CCCCN1CCn1nc2c(cc1=O)CCC2)c1cnc2ccccc2n1. The van der Waals surface area contributed by atoms with Gasteiger partial charge in [-0.15, -0.1) is 0 Å². The fourth-order valence-electron chi connectivity index (χ4n) is 4.78. The van der Waals surface area contributed by atoms with E-state index >= 15 is 0 Å². The molecular weight excluding hydrogens is 404 g/mol. The molecule has 8 nitrogen and oxygen atoms in total. The van der Waals surface area contributed by atoms with Gasteiger partial charge in [0.1, 0.15) is 5.69 Å². The number of carbonyl (C=O) groups excluding carboxylic acids is 1. The number of rotatable bonds is 6. The number of piperidine rings is 1. The maximum absolute atomic E-state index is 12.7. The topological polar surface area (TPSA) is 93.0 Å². The van der Waals surface area contributed by atoms with E-state index in [-0.39, 0.29) is 17.5 Å². The number of nitrogens with zero attached hydrogens (tertiary/aromatic N) is 5. The second kappa shape index (κ2) is 9.16. The molecule has 1 amide bonds. The van der Waals surface area contributed by atoms with Crippen molar-refractivity contribution in [2.24, 2.45) is 0 Å². The number of likely N-dealkylation sites (tertiary alicyclic amines) is 1. The Morgan fingerprint density at radius 1 is 1.09 bits per heavy atom. The Labute approximate surface area is 186 Å². The Bertz CT molecular complexity index is 1190. The second-order valence-corrected chi connectivity index (χ2v) is 8.67. The number of amides is 1. The van der Waals surface area contributed by atoms with Crippen LogP contribution >= 0.6 is 0 Å². The molecule has 1 saturated heterocycles. The van der Waals surface area contributed by atoms with Crippen LogP contribution in [0.1, 0.15) is 47.4 Å². The molecule has 2 aromatic heterocycles. The van der Waals surface area contributed by atoms with E-state index < -0.39 is 0 Å². The van der Waals surface area contributed by atoms with Gasteiger partial charge in [0.05, 0.1) is 29.5 Å². The number of hydrogen-bond donors (Lipinski definition) is 1. The average Bonchev–Trinajstić information content (AvgIpc) is 3.28. The quantitative estimate of drug-likeness (QED) is 0.640. The number of benzene rings is 1. The van der Waals surface area contributed by atoms with Crippen molar-refractivity contribution in [3.63, 3.8) is 0 Å². The molecule has 2 aliphatic rings. The summed E-state index contributed by atoms with van der Waals surface area (Å²) in [6.07, 6.45) is 7.84. The molecule has 0 radical (unpaired) electrons. The van der Waals surface area contributed by atoms with Crippen LogP contribution in [0.3, 0.4) is 0 Å². The van der Waals surface area contributed by atoms with Crippen LogP contribution in [0.25, 0.3) is 11.0 Å². The van der Waals surface area contributed by atoms with Gasteiger partial charge in [-0.3, -0.25) is 19.5 Å². The van der Waals surface area contributed by atoms with Crippen molar-refractivity contribution >= 4 is 16.9 Å². The van der Waals surface area contributed by atoms with Gasteiger partial charge in [0, 0.05) is 25.2 Å². The minimum absolute atomic E-state index is 0.0117. The van der Waals surface area contributed by atoms with Crippen LogP contribution < -0.4 is 10.9 Å². The summed E-state index contributed by atoms with van der Waals surface area (Å²) in [4.78, 5) is 36.2. The molecule has 1 aliphatic carbocycles. The van der Waals surface area contributed by atoms with E-state index in [4.69, 9.17) is 0 Å². The summed E-state index contributed by atoms with van der Waals surface area (Å²) in [5, 5.41) is 7.63. The molecule has 1 fully saturated rings. The van der Waals surface area contributed by atoms with E-state index in [1.807, 2.05) is 24.3 Å². The molecule has 1 aromatic carbocycles. The van der Waals surface area contributed by atoms with E-state index in [0.29, 0.717) is 24.3 Å². The number of hydrogen-bond acceptors (Lipinski definition) is 6. The first-order chi connectivity index (χ1) is 15.7. The molecule has 3 heterocycles. The summed E-state index contributed by atoms with van der Waals surface area (Å²) in [6.45, 7) is 2.85. The van der Waals surface area contributed by atoms with Gasteiger partial charge in [0.25, 0.3) is 11.5 Å². The number of aromatic nitrogens is 4. The summed E-state index contributed by atoms with van der Waals surface area (Å²) in [6, 6.07) is 9.53. The maximum Gasteiger partial charge on any atom is 0.271 e. The average molecular weight is 433 g/mol. The molecule has 5 rings (SSSR count). The van der Waals surface area contributed by atoms with Crippen LogP contribution in [-0.2, 0) is 19.4 Å². The number of nitrogens with one attached hydrogen (secondary N) is 1. The van der Waals surface area contributed by atoms with Crippen LogP contribution in [0.2, 0.25) is 0 Å². The Balaban J connectivity index is 1.21. The first-order valence-corrected chi connectivity index (χ1v) is 11.5. The van der Waals surface area contributed by atoms with Gasteiger partial charge in [0.15, 0.2) is 0 Å². The van der Waals surface area contributed by atoms with Gasteiger partial charge in [-0.05, 0) is 56.3 Å². The molecule has 1 aliphatic heterocycles. The van der Waals surface area contributed by atoms with E-state index in [1.54, 1.807) is 10.7 Å². The number of para-hydroxylation sites is 2. The standard InChI is InChI=1S/C24H28N6O2/c31-23-14-17-6-5-10-19(17)28-30(23)13-12-29-11-4-3-7-18(29)15-26-24(32)22-16-25-20-8-1-2-9-21(20)27-22/h1-2,8-9,14,16,18H,3-7,10-13,15H2,(H,26,32). The smallest absolute Gasteiger partial charge is 0.271 e. The number of aryl methyl sites for hydroxylation is 2. The third-order valence-corrected chi connectivity index (χ3v) is 6.55. The van der Waals surface area contributed by atoms with E-state index in [0.717, 1.165) is 68.4 Å². The fraction of sp³-hybridized carbons (Fsp3) is 0.458. The Morgan fingerprint density at radius 3 is 2.88 bits per heavy atom. The number of fused-ring (bicyclic) bond motifs is 2. The molecular formula is C24H28N6O2. The van der Waals surface area contributed by atoms with Gasteiger partial charge >= 0.3 is 0 Å². The maximum atomic E-state index is 12.7. The third-order valence-electron chi connectivity index (χ3n) is 6.55. The van der Waals surface area contributed by atoms with Crippen molar-refractivity contribution in [2.75, 3.05) is 19.6 Å². The third kappa shape index (κ3) is 4.41. The highest BCUT2D eigenvalue weighted by atomic mass is 16.2. The zero-order chi connectivity index (χ0) is 21.9. The fourth-order valence-corrected chi connectivity index (χ4v) is 4.78. The molecule has 8 heteroatoms. The second-order valence-electron chi connectivity index (χ2n) is 8.67. The molecule has 1 N–H and O–H groups in total. The largest absolute Gasteiger partial charge is 0.349 e. The summed E-state index contributed by atoms with van der Waals surface area (Å²) in [5.41, 5.74) is 4.00. The van der Waals surface area contributed by atoms with Crippen LogP contribution in [0.4, 0.5) is 0 Å². The van der Waals surface area contributed by atoms with Gasteiger partial charge in [0.2, 0.25) is 0 Å². The molecule has 1 unspecified atom stereocenters. The Morgan fingerprint density at radius 2 is 1.97 bits per heavy atom. The molecule has 3 aromatic rings. The van der Waals surface area contributed by atoms with E-state index in [2.05, 4.69) is 25.3 Å². The molecule has 1 atom stereocenters. The Kier molecular flexibility index (Phi) is 5.94. The monoisotopic (exact) mass is 432 g/mol. The minimum Gasteiger partial charge on any atom is -0.349 e. The summed E-state index contributed by atoms with van der Waals surface area (Å²) >= 11 is 0. The first-order valence-electron chi connectivity index (χ1n) is 11.5. The van der Waals surface area contributed by atoms with Gasteiger partial charge in [-0.25, -0.2) is 9.67 Å². The highest BCUT2D eigenvalue weighted by molar-refractivity contribution is 5.93. The normalized spacial score (nSPS) is 18.6. The lowest BCUT2D eigenvalue weighted by Crippen LogP contribution is -2.48. The van der Waals surface area contributed by atoms with Crippen molar-refractivity contribution in [3.05, 3.63) is 63.8 Å². The van der Waals surface area contributed by atoms with Crippen molar-refractivity contribution in [1.29, 1.82) is 0 Å². The van der Waals surface area contributed by atoms with Crippen LogP contribution in [0.15, 0.2) is 41.3 Å². The van der Waals surface area contributed by atoms with Gasteiger partial charge < -0.3 is 5.32 Å². The lowest BCUT2D eigenvalue weighted by Gasteiger charge is -2.35. The zero-order valence-electron chi connectivity index (χ0n) is 18.2. The van der Waals surface area contributed by atoms with Gasteiger partial charge in [-0.2, -0.15) is 5.10 Å². The highest BCUT2D eigenvalue weighted by Gasteiger charge is 2.24. The predicted octanol–water partition coefficient (Wildman–Crippen LogP) is 1.96. The molecule has 166 valence electrons. The molecule has 32 heavy (non-hydrogen) atoms. The van der Waals surface area contributed by atoms with Gasteiger partial charge in [-0.1, -0.05) is 18.6 Å². The highest BCUT2D eigenvalue weighted by Crippen LogP contribution is 2.18. The van der Waals surface area contributed by atoms with Crippen molar-refractivity contribution < 1.29 is 4.79 Å². The summed E-state index contributed by atoms with van der Waals surface area (Å²) in [7, 11) is 0. The van der Waals surface area contributed by atoms with Crippen LogP contribution in [-0.4, -0.2) is 56.2 Å². The minimum atomic E-state index is -0.203. The molecule has 0 spiro atoms. The Hall–Kier alpha value is -3.13. The number of carbonyl (C=O) groups is 1. The van der Waals surface area contributed by atoms with Crippen LogP contribution in [0.5, 0.6) is 0 Å².